The Morgan fingerprint density at radius 3 is 2.64 bits per heavy atom. The molecule has 0 atom stereocenters. The van der Waals surface area contributed by atoms with E-state index in [-0.39, 0.29) is 12.0 Å². The maximum atomic E-state index is 12.4. The molecule has 0 aliphatic rings. The number of rotatable bonds is 6. The van der Waals surface area contributed by atoms with Gasteiger partial charge in [-0.05, 0) is 56.5 Å². The summed E-state index contributed by atoms with van der Waals surface area (Å²) in [6.45, 7) is 5.94. The van der Waals surface area contributed by atoms with Gasteiger partial charge in [0.1, 0.15) is 5.75 Å². The number of aryl methyl sites for hydroxylation is 1. The first-order chi connectivity index (χ1) is 12.0. The number of amides is 1. The van der Waals surface area contributed by atoms with Gasteiger partial charge >= 0.3 is 0 Å². The molecule has 3 aromatic rings. The van der Waals surface area contributed by atoms with Crippen LogP contribution in [-0.4, -0.2) is 17.0 Å². The lowest BCUT2D eigenvalue weighted by molar-refractivity contribution is -0.115. The summed E-state index contributed by atoms with van der Waals surface area (Å²) in [6.07, 6.45) is 0.453. The Morgan fingerprint density at radius 1 is 1.24 bits per heavy atom. The zero-order valence-electron chi connectivity index (χ0n) is 14.4. The van der Waals surface area contributed by atoms with Crippen LogP contribution < -0.4 is 10.1 Å². The molecule has 130 valence electrons. The van der Waals surface area contributed by atoms with Crippen LogP contribution in [0.1, 0.15) is 23.7 Å². The summed E-state index contributed by atoms with van der Waals surface area (Å²) in [5.41, 5.74) is 1.69. The molecule has 0 saturated heterocycles. The highest BCUT2D eigenvalue weighted by molar-refractivity contribution is 7.15. The fourth-order valence-corrected chi connectivity index (χ4v) is 4.19. The Morgan fingerprint density at radius 2 is 2.00 bits per heavy atom. The monoisotopic (exact) mass is 372 g/mol. The van der Waals surface area contributed by atoms with Crippen LogP contribution >= 0.6 is 22.7 Å². The first-order valence-corrected chi connectivity index (χ1v) is 9.77. The molecule has 4 nitrogen and oxygen atoms in total. The Labute approximate surface area is 155 Å². The number of hydrogen-bond donors (Lipinski definition) is 1. The van der Waals surface area contributed by atoms with Crippen molar-refractivity contribution in [2.24, 2.45) is 0 Å². The van der Waals surface area contributed by atoms with E-state index in [1.165, 1.54) is 0 Å². The third-order valence-corrected chi connectivity index (χ3v) is 5.24. The van der Waals surface area contributed by atoms with Crippen molar-refractivity contribution in [3.63, 3.8) is 0 Å². The first kappa shape index (κ1) is 17.6. The minimum atomic E-state index is -0.0426. The molecule has 25 heavy (non-hydrogen) atoms. The van der Waals surface area contributed by atoms with Gasteiger partial charge < -0.3 is 10.1 Å². The number of carbonyl (C=O) groups excluding carboxylic acids is 1. The third kappa shape index (κ3) is 4.67. The van der Waals surface area contributed by atoms with Crippen LogP contribution in [0.5, 0.6) is 5.75 Å². The second-order valence-electron chi connectivity index (χ2n) is 5.90. The van der Waals surface area contributed by atoms with Crippen molar-refractivity contribution < 1.29 is 9.53 Å². The van der Waals surface area contributed by atoms with E-state index >= 15 is 0 Å². The van der Waals surface area contributed by atoms with Crippen LogP contribution in [0, 0.1) is 6.92 Å². The molecule has 0 spiro atoms. The van der Waals surface area contributed by atoms with Gasteiger partial charge in [0.05, 0.1) is 28.1 Å². The number of aromatic nitrogens is 1. The highest BCUT2D eigenvalue weighted by Gasteiger charge is 2.15. The Kier molecular flexibility index (Phi) is 5.50. The minimum Gasteiger partial charge on any atom is -0.491 e. The van der Waals surface area contributed by atoms with E-state index < -0.39 is 0 Å². The Balaban J connectivity index is 1.67. The molecule has 0 bridgehead atoms. The Hall–Kier alpha value is -2.18. The van der Waals surface area contributed by atoms with Crippen molar-refractivity contribution in [1.82, 2.24) is 4.98 Å². The van der Waals surface area contributed by atoms with Crippen molar-refractivity contribution >= 4 is 34.3 Å². The van der Waals surface area contributed by atoms with Crippen LogP contribution in [0.15, 0.2) is 41.8 Å². The fraction of sp³-hybridized carbons (Fsp3) is 0.263. The molecule has 0 saturated carbocycles. The summed E-state index contributed by atoms with van der Waals surface area (Å²) in [5, 5.41) is 5.94. The number of nitrogens with zero attached hydrogens (tertiary/aromatic N) is 1. The molecule has 2 heterocycles. The molecule has 2 aromatic heterocycles. The van der Waals surface area contributed by atoms with Crippen molar-refractivity contribution in [1.29, 1.82) is 0 Å². The van der Waals surface area contributed by atoms with E-state index in [4.69, 9.17) is 4.74 Å². The number of hydrogen-bond acceptors (Lipinski definition) is 5. The van der Waals surface area contributed by atoms with Crippen LogP contribution in [0.25, 0.3) is 10.6 Å². The molecule has 0 radical (unpaired) electrons. The minimum absolute atomic E-state index is 0.0426. The largest absolute Gasteiger partial charge is 0.491 e. The van der Waals surface area contributed by atoms with Crippen LogP contribution in [-0.2, 0) is 11.2 Å². The van der Waals surface area contributed by atoms with Crippen molar-refractivity contribution in [2.45, 2.75) is 33.3 Å². The average molecular weight is 373 g/mol. The van der Waals surface area contributed by atoms with Crippen molar-refractivity contribution in [3.8, 4) is 16.3 Å². The predicted molar refractivity (Wildman–Crippen MR) is 105 cm³/mol. The standard InChI is InChI=1S/C19H20N2O2S2/c1-12(2)23-15-8-6-14(7-9-15)21-18(22)11-17-19(20-13(3)25-17)16-5-4-10-24-16/h4-10,12H,11H2,1-3H3,(H,21,22). The number of nitrogens with one attached hydrogen (secondary N) is 1. The van der Waals surface area contributed by atoms with Gasteiger partial charge in [0.25, 0.3) is 0 Å². The number of ether oxygens (including phenoxy) is 1. The van der Waals surface area contributed by atoms with Gasteiger partial charge in [0, 0.05) is 10.6 Å². The second-order valence-corrected chi connectivity index (χ2v) is 8.13. The smallest absolute Gasteiger partial charge is 0.229 e. The van der Waals surface area contributed by atoms with Gasteiger partial charge in [-0.15, -0.1) is 22.7 Å². The highest BCUT2D eigenvalue weighted by atomic mass is 32.1. The molecule has 0 aliphatic carbocycles. The highest BCUT2D eigenvalue weighted by Crippen LogP contribution is 2.31. The average Bonchev–Trinajstić information content (AvgIpc) is 3.18. The number of anilines is 1. The van der Waals surface area contributed by atoms with E-state index in [1.54, 1.807) is 22.7 Å². The number of benzene rings is 1. The molecule has 0 fully saturated rings. The second kappa shape index (κ2) is 7.80. The van der Waals surface area contributed by atoms with Crippen molar-refractivity contribution in [3.05, 3.63) is 51.7 Å². The topological polar surface area (TPSA) is 51.2 Å². The molecular formula is C19H20N2O2S2. The van der Waals surface area contributed by atoms with Gasteiger partial charge in [0.15, 0.2) is 0 Å². The summed E-state index contributed by atoms with van der Waals surface area (Å²) >= 11 is 3.21. The summed E-state index contributed by atoms with van der Waals surface area (Å²) in [4.78, 5) is 19.1. The lowest BCUT2D eigenvalue weighted by atomic mass is 10.2. The zero-order chi connectivity index (χ0) is 17.8. The molecule has 0 aliphatic heterocycles. The molecule has 6 heteroatoms. The number of thiophene rings is 1. The fourth-order valence-electron chi connectivity index (χ4n) is 2.43. The zero-order valence-corrected chi connectivity index (χ0v) is 16.0. The first-order valence-electron chi connectivity index (χ1n) is 8.08. The van der Waals surface area contributed by atoms with Crippen molar-refractivity contribution in [2.75, 3.05) is 5.32 Å². The molecular weight excluding hydrogens is 352 g/mol. The molecule has 3 rings (SSSR count). The van der Waals surface area contributed by atoms with E-state index in [0.717, 1.165) is 31.9 Å². The van der Waals surface area contributed by atoms with Gasteiger partial charge in [-0.3, -0.25) is 4.79 Å². The Bertz CT molecular complexity index is 837. The van der Waals surface area contributed by atoms with Gasteiger partial charge in [-0.25, -0.2) is 4.98 Å². The van der Waals surface area contributed by atoms with E-state index in [1.807, 2.05) is 62.5 Å². The quantitative estimate of drug-likeness (QED) is 0.651. The number of carbonyl (C=O) groups is 1. The summed E-state index contributed by atoms with van der Waals surface area (Å²) in [7, 11) is 0. The molecule has 1 amide bonds. The van der Waals surface area contributed by atoms with Gasteiger partial charge in [0.2, 0.25) is 5.91 Å². The van der Waals surface area contributed by atoms with E-state index in [0.29, 0.717) is 6.42 Å². The van der Waals surface area contributed by atoms with Crippen LogP contribution in [0.3, 0.4) is 0 Å². The number of thiazole rings is 1. The van der Waals surface area contributed by atoms with E-state index in [2.05, 4.69) is 10.3 Å². The van der Waals surface area contributed by atoms with Crippen LogP contribution in [0.2, 0.25) is 0 Å². The molecule has 1 N–H and O–H groups in total. The van der Waals surface area contributed by atoms with E-state index in [9.17, 15) is 4.79 Å². The summed E-state index contributed by atoms with van der Waals surface area (Å²) in [5.74, 6) is 0.755. The summed E-state index contributed by atoms with van der Waals surface area (Å²) < 4.78 is 5.61. The maximum absolute atomic E-state index is 12.4. The van der Waals surface area contributed by atoms with Crippen LogP contribution in [0.4, 0.5) is 5.69 Å². The third-order valence-electron chi connectivity index (χ3n) is 3.39. The molecule has 1 aromatic carbocycles. The predicted octanol–water partition coefficient (Wildman–Crippen LogP) is 5.15. The lowest BCUT2D eigenvalue weighted by Gasteiger charge is -2.10. The van der Waals surface area contributed by atoms with Gasteiger partial charge in [-0.1, -0.05) is 6.07 Å². The normalized spacial score (nSPS) is 10.9. The molecule has 0 unspecified atom stereocenters. The van der Waals surface area contributed by atoms with Gasteiger partial charge in [-0.2, -0.15) is 0 Å². The summed E-state index contributed by atoms with van der Waals surface area (Å²) in [6, 6.07) is 11.5. The SMILES string of the molecule is Cc1nc(-c2cccs2)c(CC(=O)Nc2ccc(OC(C)C)cc2)s1. The lowest BCUT2D eigenvalue weighted by Crippen LogP contribution is -2.14. The maximum Gasteiger partial charge on any atom is 0.229 e.